The molecular formula is C8H9NO2. The largest absolute Gasteiger partial charge is 0.456 e. The summed E-state index contributed by atoms with van der Waals surface area (Å²) in [6.45, 7) is 7.36. The fourth-order valence-electron chi connectivity index (χ4n) is 0.805. The second kappa shape index (κ2) is 3.79. The van der Waals surface area contributed by atoms with Crippen LogP contribution >= 0.6 is 0 Å². The molecule has 0 fully saturated rings. The van der Waals surface area contributed by atoms with Gasteiger partial charge in [-0.1, -0.05) is 0 Å². The van der Waals surface area contributed by atoms with E-state index < -0.39 is 0 Å². The molecule has 58 valence electrons. The minimum absolute atomic E-state index is 0.309. The summed E-state index contributed by atoms with van der Waals surface area (Å²) in [4.78, 5) is 3.19. The van der Waals surface area contributed by atoms with Crippen molar-refractivity contribution in [2.75, 3.05) is 7.11 Å². The predicted molar refractivity (Wildman–Crippen MR) is 39.7 cm³/mol. The molecule has 0 bridgehead atoms. The Bertz CT molecular complexity index is 259. The van der Waals surface area contributed by atoms with E-state index in [1.165, 1.54) is 0 Å². The van der Waals surface area contributed by atoms with Gasteiger partial charge in [-0.3, -0.25) is 0 Å². The van der Waals surface area contributed by atoms with Gasteiger partial charge in [0.2, 0.25) is 0 Å². The first-order chi connectivity index (χ1) is 5.36. The number of hydrogen-bond acceptors (Lipinski definition) is 2. The maximum Gasteiger partial charge on any atom is 0.271 e. The maximum atomic E-state index is 6.59. The lowest BCUT2D eigenvalue weighted by atomic mass is 10.4. The molecule has 0 spiro atoms. The van der Waals surface area contributed by atoms with Crippen LogP contribution in [0.2, 0.25) is 0 Å². The van der Waals surface area contributed by atoms with Crippen molar-refractivity contribution in [1.82, 2.24) is 0 Å². The molecule has 1 rings (SSSR count). The molecule has 11 heavy (non-hydrogen) atoms. The summed E-state index contributed by atoms with van der Waals surface area (Å²) in [5.41, 5.74) is 0. The van der Waals surface area contributed by atoms with E-state index in [1.54, 1.807) is 13.2 Å². The van der Waals surface area contributed by atoms with Crippen molar-refractivity contribution in [2.24, 2.45) is 0 Å². The van der Waals surface area contributed by atoms with Crippen molar-refractivity contribution in [2.45, 2.75) is 13.2 Å². The van der Waals surface area contributed by atoms with Gasteiger partial charge in [-0.15, -0.1) is 0 Å². The SMILES string of the molecule is [C-]#[N+]Cc1ccc(COC)o1. The molecule has 3 nitrogen and oxygen atoms in total. The number of methoxy groups -OCH3 is 1. The van der Waals surface area contributed by atoms with Gasteiger partial charge in [0.05, 0.1) is 0 Å². The fraction of sp³-hybridized carbons (Fsp3) is 0.375. The smallest absolute Gasteiger partial charge is 0.271 e. The Balaban J connectivity index is 2.60. The topological polar surface area (TPSA) is 26.7 Å². The van der Waals surface area contributed by atoms with Crippen LogP contribution in [0, 0.1) is 6.57 Å². The van der Waals surface area contributed by atoms with Gasteiger partial charge in [0, 0.05) is 7.11 Å². The molecule has 0 N–H and O–H groups in total. The Kier molecular flexibility index (Phi) is 2.70. The van der Waals surface area contributed by atoms with E-state index in [0.717, 1.165) is 5.76 Å². The molecule has 1 heterocycles. The van der Waals surface area contributed by atoms with Crippen LogP contribution in [-0.2, 0) is 17.9 Å². The van der Waals surface area contributed by atoms with Crippen molar-refractivity contribution in [3.63, 3.8) is 0 Å². The average Bonchev–Trinajstić information content (AvgIpc) is 2.38. The predicted octanol–water partition coefficient (Wildman–Crippen LogP) is 1.85. The number of ether oxygens (including phenoxy) is 1. The van der Waals surface area contributed by atoms with Crippen LogP contribution < -0.4 is 0 Å². The highest BCUT2D eigenvalue weighted by atomic mass is 16.5. The Labute approximate surface area is 65.4 Å². The first-order valence-corrected chi connectivity index (χ1v) is 3.26. The van der Waals surface area contributed by atoms with Gasteiger partial charge in [0.15, 0.2) is 5.76 Å². The second-order valence-corrected chi connectivity index (χ2v) is 2.12. The summed E-state index contributed by atoms with van der Waals surface area (Å²) in [5, 5.41) is 0. The van der Waals surface area contributed by atoms with Crippen LogP contribution in [-0.4, -0.2) is 7.11 Å². The minimum Gasteiger partial charge on any atom is -0.456 e. The molecule has 0 amide bonds. The van der Waals surface area contributed by atoms with Crippen molar-refractivity contribution in [3.8, 4) is 0 Å². The molecule has 0 saturated heterocycles. The number of nitrogens with zero attached hydrogens (tertiary/aromatic N) is 1. The highest BCUT2D eigenvalue weighted by Crippen LogP contribution is 2.09. The van der Waals surface area contributed by atoms with Crippen LogP contribution in [0.3, 0.4) is 0 Å². The molecule has 0 aliphatic carbocycles. The molecule has 3 heteroatoms. The zero-order chi connectivity index (χ0) is 8.10. The van der Waals surface area contributed by atoms with Crippen LogP contribution in [0.5, 0.6) is 0 Å². The number of hydrogen-bond donors (Lipinski definition) is 0. The molecule has 0 aromatic carbocycles. The number of furan rings is 1. The first-order valence-electron chi connectivity index (χ1n) is 3.26. The quantitative estimate of drug-likeness (QED) is 0.616. The Morgan fingerprint density at radius 1 is 1.55 bits per heavy atom. The zero-order valence-electron chi connectivity index (χ0n) is 6.33. The van der Waals surface area contributed by atoms with Crippen LogP contribution in [0.1, 0.15) is 11.5 Å². The molecule has 0 aliphatic rings. The summed E-state index contributed by atoms with van der Waals surface area (Å²) in [7, 11) is 1.61. The average molecular weight is 151 g/mol. The lowest BCUT2D eigenvalue weighted by molar-refractivity contribution is 0.163. The molecule has 0 atom stereocenters. The standard InChI is InChI=1S/C8H9NO2/c1-9-5-7-3-4-8(11-7)6-10-2/h3-4H,5-6H2,2H3. The van der Waals surface area contributed by atoms with Gasteiger partial charge in [-0.25, -0.2) is 6.57 Å². The molecule has 0 saturated carbocycles. The molecule has 0 aliphatic heterocycles. The Hall–Kier alpha value is -1.27. The highest BCUT2D eigenvalue weighted by Gasteiger charge is 2.01. The van der Waals surface area contributed by atoms with Gasteiger partial charge in [-0.2, -0.15) is 0 Å². The summed E-state index contributed by atoms with van der Waals surface area (Å²) < 4.78 is 10.1. The van der Waals surface area contributed by atoms with Crippen LogP contribution in [0.15, 0.2) is 16.5 Å². The first kappa shape index (κ1) is 7.83. The van der Waals surface area contributed by atoms with Gasteiger partial charge in [0.1, 0.15) is 12.4 Å². The summed E-state index contributed by atoms with van der Waals surface area (Å²) in [6, 6.07) is 3.62. The Morgan fingerprint density at radius 2 is 2.27 bits per heavy atom. The maximum absolute atomic E-state index is 6.59. The van der Waals surface area contributed by atoms with E-state index >= 15 is 0 Å². The minimum atomic E-state index is 0.309. The van der Waals surface area contributed by atoms with Gasteiger partial charge < -0.3 is 14.0 Å². The second-order valence-electron chi connectivity index (χ2n) is 2.12. The fourth-order valence-corrected chi connectivity index (χ4v) is 0.805. The molecule has 1 aromatic rings. The van der Waals surface area contributed by atoms with Gasteiger partial charge in [-0.05, 0) is 12.1 Å². The highest BCUT2D eigenvalue weighted by molar-refractivity contribution is 5.07. The molecule has 1 aromatic heterocycles. The monoisotopic (exact) mass is 151 g/mol. The lowest BCUT2D eigenvalue weighted by Crippen LogP contribution is -1.82. The normalized spacial score (nSPS) is 9.45. The lowest BCUT2D eigenvalue weighted by Gasteiger charge is -1.90. The van der Waals surface area contributed by atoms with Gasteiger partial charge >= 0.3 is 0 Å². The van der Waals surface area contributed by atoms with Crippen LogP contribution in [0.25, 0.3) is 4.85 Å². The van der Waals surface area contributed by atoms with Crippen molar-refractivity contribution in [3.05, 3.63) is 35.1 Å². The Morgan fingerprint density at radius 3 is 2.91 bits per heavy atom. The van der Waals surface area contributed by atoms with Crippen molar-refractivity contribution in [1.29, 1.82) is 0 Å². The zero-order valence-corrected chi connectivity index (χ0v) is 6.33. The van der Waals surface area contributed by atoms with E-state index in [9.17, 15) is 0 Å². The third kappa shape index (κ3) is 2.10. The third-order valence-corrected chi connectivity index (χ3v) is 1.24. The van der Waals surface area contributed by atoms with Crippen molar-refractivity contribution >= 4 is 0 Å². The van der Waals surface area contributed by atoms with E-state index in [1.807, 2.05) is 6.07 Å². The van der Waals surface area contributed by atoms with E-state index in [4.69, 9.17) is 15.7 Å². The van der Waals surface area contributed by atoms with Crippen molar-refractivity contribution < 1.29 is 9.15 Å². The summed E-state index contributed by atoms with van der Waals surface area (Å²) in [5.74, 6) is 1.47. The number of rotatable bonds is 3. The molecular weight excluding hydrogens is 142 g/mol. The van der Waals surface area contributed by atoms with Gasteiger partial charge in [0.25, 0.3) is 6.54 Å². The molecule has 0 unspecified atom stereocenters. The molecule has 0 radical (unpaired) electrons. The van der Waals surface area contributed by atoms with Crippen LogP contribution in [0.4, 0.5) is 0 Å². The van der Waals surface area contributed by atoms with E-state index in [2.05, 4.69) is 4.85 Å². The van der Waals surface area contributed by atoms with E-state index in [0.29, 0.717) is 18.9 Å². The van der Waals surface area contributed by atoms with E-state index in [-0.39, 0.29) is 0 Å². The third-order valence-electron chi connectivity index (χ3n) is 1.24. The summed E-state index contributed by atoms with van der Waals surface area (Å²) >= 11 is 0. The summed E-state index contributed by atoms with van der Waals surface area (Å²) in [6.07, 6.45) is 0.